The topological polar surface area (TPSA) is 45.5 Å². The summed E-state index contributed by atoms with van der Waals surface area (Å²) in [6.45, 7) is 1.69. The van der Waals surface area contributed by atoms with Crippen molar-refractivity contribution in [2.75, 3.05) is 26.2 Å². The molecule has 2 heterocycles. The first-order chi connectivity index (χ1) is 11.4. The van der Waals surface area contributed by atoms with Gasteiger partial charge in [-0.15, -0.1) is 0 Å². The molecule has 1 aliphatic rings. The average Bonchev–Trinajstić information content (AvgIpc) is 3.16. The molecule has 3 rings (SSSR count). The number of rotatable bonds is 5. The maximum Gasteiger partial charge on any atom is 0.390 e. The fraction of sp³-hybridized carbons (Fsp3) is 0.471. The molecule has 1 aromatic heterocycles. The zero-order valence-corrected chi connectivity index (χ0v) is 13.1. The van der Waals surface area contributed by atoms with E-state index in [4.69, 9.17) is 4.42 Å². The molecule has 0 aliphatic carbocycles. The van der Waals surface area contributed by atoms with E-state index in [1.807, 2.05) is 18.2 Å². The van der Waals surface area contributed by atoms with Gasteiger partial charge in [0.25, 0.3) is 5.91 Å². The molecule has 2 aromatic rings. The Morgan fingerprint density at radius 1 is 1.33 bits per heavy atom. The quantitative estimate of drug-likeness (QED) is 0.907. The van der Waals surface area contributed by atoms with E-state index < -0.39 is 12.6 Å². The highest BCUT2D eigenvalue weighted by molar-refractivity contribution is 5.96. The largest absolute Gasteiger partial charge is 0.451 e. The third kappa shape index (κ3) is 4.29. The Bertz CT molecular complexity index is 678. The van der Waals surface area contributed by atoms with Gasteiger partial charge in [-0.25, -0.2) is 0 Å². The number of furan rings is 1. The first-order valence-electron chi connectivity index (χ1n) is 7.96. The molecular weight excluding hydrogens is 321 g/mol. The lowest BCUT2D eigenvalue weighted by atomic mass is 10.1. The summed E-state index contributed by atoms with van der Waals surface area (Å²) in [4.78, 5) is 13.9. The Kier molecular flexibility index (Phi) is 4.80. The Morgan fingerprint density at radius 3 is 2.88 bits per heavy atom. The van der Waals surface area contributed by atoms with Crippen LogP contribution in [0.4, 0.5) is 13.2 Å². The third-order valence-corrected chi connectivity index (χ3v) is 4.28. The third-order valence-electron chi connectivity index (χ3n) is 4.28. The van der Waals surface area contributed by atoms with E-state index >= 15 is 0 Å². The van der Waals surface area contributed by atoms with Crippen molar-refractivity contribution in [2.24, 2.45) is 5.92 Å². The Labute approximate surface area is 137 Å². The number of para-hydroxylation sites is 1. The zero-order chi connectivity index (χ0) is 17.2. The van der Waals surface area contributed by atoms with E-state index in [0.717, 1.165) is 11.8 Å². The van der Waals surface area contributed by atoms with Crippen LogP contribution < -0.4 is 5.32 Å². The van der Waals surface area contributed by atoms with Crippen LogP contribution in [0.5, 0.6) is 0 Å². The van der Waals surface area contributed by atoms with Crippen LogP contribution in [-0.2, 0) is 0 Å². The molecule has 1 aliphatic heterocycles. The number of nitrogens with one attached hydrogen (secondary N) is 1. The van der Waals surface area contributed by atoms with Crippen molar-refractivity contribution in [3.8, 4) is 0 Å². The van der Waals surface area contributed by atoms with Gasteiger partial charge in [-0.2, -0.15) is 13.2 Å². The maximum atomic E-state index is 12.2. The summed E-state index contributed by atoms with van der Waals surface area (Å²) in [6.07, 6.45) is -4.11. The van der Waals surface area contributed by atoms with Crippen LogP contribution in [0.3, 0.4) is 0 Å². The monoisotopic (exact) mass is 340 g/mol. The number of alkyl halides is 3. The molecule has 130 valence electrons. The van der Waals surface area contributed by atoms with E-state index in [1.165, 1.54) is 0 Å². The number of carbonyl (C=O) groups excluding carboxylic acids is 1. The number of halogens is 3. The molecular formula is C17H19F3N2O2. The van der Waals surface area contributed by atoms with E-state index in [0.29, 0.717) is 25.2 Å². The summed E-state index contributed by atoms with van der Waals surface area (Å²) in [6, 6.07) is 9.05. The molecule has 1 atom stereocenters. The molecule has 4 nitrogen and oxygen atoms in total. The standard InChI is InChI=1S/C17H19F3N2O2/c18-17(19,20)6-8-22-7-5-12(11-22)10-21-16(23)15-9-13-3-1-2-4-14(13)24-15/h1-4,9,12H,5-8,10-11H2,(H,21,23)/t12-/m0/s1. The van der Waals surface area contributed by atoms with Crippen LogP contribution in [0.15, 0.2) is 34.7 Å². The van der Waals surface area contributed by atoms with Gasteiger partial charge in [-0.3, -0.25) is 4.79 Å². The van der Waals surface area contributed by atoms with Gasteiger partial charge in [0.1, 0.15) is 5.58 Å². The second-order valence-corrected chi connectivity index (χ2v) is 6.18. The number of hydrogen-bond acceptors (Lipinski definition) is 3. The fourth-order valence-corrected chi connectivity index (χ4v) is 2.99. The molecule has 0 bridgehead atoms. The van der Waals surface area contributed by atoms with Crippen LogP contribution in [0.1, 0.15) is 23.4 Å². The molecule has 24 heavy (non-hydrogen) atoms. The minimum atomic E-state index is -4.12. The van der Waals surface area contributed by atoms with Gasteiger partial charge in [0.15, 0.2) is 5.76 Å². The minimum absolute atomic E-state index is 0.0253. The fourth-order valence-electron chi connectivity index (χ4n) is 2.99. The number of benzene rings is 1. The Hall–Kier alpha value is -2.02. The summed E-state index contributed by atoms with van der Waals surface area (Å²) in [5.41, 5.74) is 0.654. The van der Waals surface area contributed by atoms with Crippen molar-refractivity contribution in [3.05, 3.63) is 36.1 Å². The number of nitrogens with zero attached hydrogens (tertiary/aromatic N) is 1. The summed E-state index contributed by atoms with van der Waals surface area (Å²) in [7, 11) is 0. The van der Waals surface area contributed by atoms with Crippen molar-refractivity contribution < 1.29 is 22.4 Å². The zero-order valence-electron chi connectivity index (χ0n) is 13.1. The normalized spacial score (nSPS) is 19.0. The average molecular weight is 340 g/mol. The lowest BCUT2D eigenvalue weighted by Gasteiger charge is -2.17. The maximum absolute atomic E-state index is 12.2. The molecule has 1 amide bonds. The van der Waals surface area contributed by atoms with Crippen LogP contribution in [0, 0.1) is 5.92 Å². The summed E-state index contributed by atoms with van der Waals surface area (Å²) in [5.74, 6) is 0.134. The molecule has 1 aromatic carbocycles. The number of hydrogen-bond donors (Lipinski definition) is 1. The van der Waals surface area contributed by atoms with Crippen LogP contribution >= 0.6 is 0 Å². The van der Waals surface area contributed by atoms with Gasteiger partial charge in [-0.1, -0.05) is 18.2 Å². The minimum Gasteiger partial charge on any atom is -0.451 e. The lowest BCUT2D eigenvalue weighted by Crippen LogP contribution is -2.31. The molecule has 1 fully saturated rings. The van der Waals surface area contributed by atoms with E-state index in [2.05, 4.69) is 5.32 Å². The molecule has 0 radical (unpaired) electrons. The Balaban J connectivity index is 1.47. The van der Waals surface area contributed by atoms with Crippen molar-refractivity contribution >= 4 is 16.9 Å². The first-order valence-corrected chi connectivity index (χ1v) is 7.96. The van der Waals surface area contributed by atoms with Gasteiger partial charge in [-0.05, 0) is 31.0 Å². The summed E-state index contributed by atoms with van der Waals surface area (Å²) < 4.78 is 42.2. The molecule has 0 saturated carbocycles. The number of amides is 1. The highest BCUT2D eigenvalue weighted by Crippen LogP contribution is 2.23. The highest BCUT2D eigenvalue weighted by atomic mass is 19.4. The first kappa shape index (κ1) is 16.8. The van der Waals surface area contributed by atoms with E-state index in [1.54, 1.807) is 17.0 Å². The molecule has 7 heteroatoms. The number of carbonyl (C=O) groups is 1. The molecule has 0 unspecified atom stereocenters. The van der Waals surface area contributed by atoms with Crippen LogP contribution in [-0.4, -0.2) is 43.2 Å². The van der Waals surface area contributed by atoms with Gasteiger partial charge in [0.2, 0.25) is 0 Å². The lowest BCUT2D eigenvalue weighted by molar-refractivity contribution is -0.137. The van der Waals surface area contributed by atoms with Crippen molar-refractivity contribution in [1.29, 1.82) is 0 Å². The second-order valence-electron chi connectivity index (χ2n) is 6.18. The van der Waals surface area contributed by atoms with Gasteiger partial charge >= 0.3 is 6.18 Å². The van der Waals surface area contributed by atoms with Crippen molar-refractivity contribution in [3.63, 3.8) is 0 Å². The summed E-state index contributed by atoms with van der Waals surface area (Å²) in [5, 5.41) is 3.68. The van der Waals surface area contributed by atoms with Crippen LogP contribution in [0.2, 0.25) is 0 Å². The van der Waals surface area contributed by atoms with Crippen molar-refractivity contribution in [1.82, 2.24) is 10.2 Å². The van der Waals surface area contributed by atoms with Gasteiger partial charge in [0.05, 0.1) is 6.42 Å². The predicted molar refractivity (Wildman–Crippen MR) is 83.8 cm³/mol. The number of fused-ring (bicyclic) bond motifs is 1. The molecule has 1 saturated heterocycles. The molecule has 0 spiro atoms. The smallest absolute Gasteiger partial charge is 0.390 e. The SMILES string of the molecule is O=C(NC[C@@H]1CCN(CCC(F)(F)F)C1)c1cc2ccccc2o1. The van der Waals surface area contributed by atoms with Gasteiger partial charge < -0.3 is 14.6 Å². The van der Waals surface area contributed by atoms with E-state index in [-0.39, 0.29) is 24.1 Å². The Morgan fingerprint density at radius 2 is 2.12 bits per heavy atom. The second kappa shape index (κ2) is 6.84. The highest BCUT2D eigenvalue weighted by Gasteiger charge is 2.30. The van der Waals surface area contributed by atoms with E-state index in [9.17, 15) is 18.0 Å². The summed E-state index contributed by atoms with van der Waals surface area (Å²) >= 11 is 0. The van der Waals surface area contributed by atoms with Crippen LogP contribution in [0.25, 0.3) is 11.0 Å². The van der Waals surface area contributed by atoms with Crippen molar-refractivity contribution in [2.45, 2.75) is 19.0 Å². The van der Waals surface area contributed by atoms with Gasteiger partial charge in [0, 0.05) is 25.0 Å². The molecule has 1 N–H and O–H groups in total. The predicted octanol–water partition coefficient (Wildman–Crippen LogP) is 3.44. The number of likely N-dealkylation sites (tertiary alicyclic amines) is 1.